The van der Waals surface area contributed by atoms with Crippen LogP contribution in [-0.2, 0) is 0 Å². The van der Waals surface area contributed by atoms with E-state index in [0.717, 1.165) is 0 Å². The summed E-state index contributed by atoms with van der Waals surface area (Å²) < 4.78 is 0. The van der Waals surface area contributed by atoms with Gasteiger partial charge in [-0.3, -0.25) is 5.41 Å². The van der Waals surface area contributed by atoms with Crippen molar-refractivity contribution >= 4 is 5.96 Å². The van der Waals surface area contributed by atoms with Crippen molar-refractivity contribution in [1.82, 2.24) is 6.15 Å². The predicted molar refractivity (Wildman–Crippen MR) is 70.0 cm³/mol. The van der Waals surface area contributed by atoms with Gasteiger partial charge in [0.2, 0.25) is 0 Å². The summed E-state index contributed by atoms with van der Waals surface area (Å²) in [6.07, 6.45) is 0. The first-order valence-electron chi connectivity index (χ1n) is 3.57. The van der Waals surface area contributed by atoms with E-state index in [1.807, 2.05) is 0 Å². The van der Waals surface area contributed by atoms with Crippen LogP contribution in [0.5, 0.6) is 0 Å². The zero-order valence-electron chi connectivity index (χ0n) is 11.5. The first-order valence-corrected chi connectivity index (χ1v) is 3.57. The molecule has 0 saturated carbocycles. The third-order valence-electron chi connectivity index (χ3n) is 0. The fourth-order valence-corrected chi connectivity index (χ4v) is 0. The Labute approximate surface area is 172 Å². The molecule has 0 unspecified atom stereocenters. The second kappa shape index (κ2) is 43.0. The van der Waals surface area contributed by atoms with Crippen LogP contribution in [0.2, 0.25) is 0 Å². The molecule has 24 nitrogen and oxygen atoms in total. The van der Waals surface area contributed by atoms with Gasteiger partial charge in [0.1, 0.15) is 0 Å². The minimum atomic E-state index is -1.75. The summed E-state index contributed by atoms with van der Waals surface area (Å²) in [4.78, 5) is 41.2. The van der Waals surface area contributed by atoms with Gasteiger partial charge in [-0.25, -0.2) is 0 Å². The number of nitrogens with two attached hydrogens (primary N) is 2. The van der Waals surface area contributed by atoms with E-state index >= 15 is 0 Å². The van der Waals surface area contributed by atoms with Crippen molar-refractivity contribution in [2.24, 2.45) is 11.5 Å². The molecule has 148 valence electrons. The maximum absolute atomic E-state index is 8.25. The third-order valence-corrected chi connectivity index (χ3v) is 0. The average Bonchev–Trinajstić information content (AvgIpc) is 2.08. The Morgan fingerprint density at radius 1 is 0.538 bits per heavy atom. The summed E-state index contributed by atoms with van der Waals surface area (Å²) in [6, 6.07) is 0. The van der Waals surface area contributed by atoms with E-state index in [-0.39, 0.29) is 53.9 Å². The van der Waals surface area contributed by atoms with Crippen LogP contribution in [0.3, 0.4) is 0 Å². The van der Waals surface area contributed by atoms with Crippen LogP contribution in [0.4, 0.5) is 0 Å². The van der Waals surface area contributed by atoms with Gasteiger partial charge >= 0.3 is 47.9 Å². The van der Waals surface area contributed by atoms with Gasteiger partial charge in [-0.2, -0.15) is 0 Å². The second-order valence-electron chi connectivity index (χ2n) is 1.57. The van der Waals surface area contributed by atoms with Gasteiger partial charge in [0.05, 0.1) is 25.4 Å². The first kappa shape index (κ1) is 49.5. The molecule has 0 aromatic rings. The van der Waals surface area contributed by atoms with Gasteiger partial charge in [-0.05, 0) is 0 Å². The van der Waals surface area contributed by atoms with E-state index in [9.17, 15) is 0 Å². The van der Waals surface area contributed by atoms with E-state index in [4.69, 9.17) is 82.0 Å². The molecule has 26 heavy (non-hydrogen) atoms. The first-order chi connectivity index (χ1) is 10.4. The monoisotopic (exact) mass is 523 g/mol. The van der Waals surface area contributed by atoms with Crippen molar-refractivity contribution < 1.29 is 67.2 Å². The fraction of sp³-hybridized carbons (Fsp3) is 0. The van der Waals surface area contributed by atoms with Gasteiger partial charge in [0, 0.05) is 0 Å². The molecule has 0 aliphatic heterocycles. The van der Waals surface area contributed by atoms with Crippen LogP contribution in [0.1, 0.15) is 0 Å². The van der Waals surface area contributed by atoms with E-state index < -0.39 is 25.4 Å². The van der Waals surface area contributed by atoms with E-state index in [0.29, 0.717) is 0 Å². The molecule has 0 heterocycles. The van der Waals surface area contributed by atoms with Crippen molar-refractivity contribution in [2.75, 3.05) is 0 Å². The molecule has 0 atom stereocenters. The van der Waals surface area contributed by atoms with E-state index in [1.54, 1.807) is 0 Å². The third kappa shape index (κ3) is 688. The van der Waals surface area contributed by atoms with Gasteiger partial charge < -0.3 is 88.1 Å². The average molecular weight is 523 g/mol. The number of hydrogen-bond acceptors (Lipinski definition) is 16. The zero-order valence-corrected chi connectivity index (χ0v) is 14.6. The zero-order chi connectivity index (χ0) is 21.5. The Morgan fingerprint density at radius 2 is 0.538 bits per heavy atom. The predicted octanol–water partition coefficient (Wildman–Crippen LogP) is -2.84. The minimum absolute atomic E-state index is 0. The molecule has 0 bridgehead atoms. The van der Waals surface area contributed by atoms with Crippen molar-refractivity contribution in [1.29, 1.82) is 5.41 Å². The maximum atomic E-state index is 8.25. The van der Waals surface area contributed by atoms with Gasteiger partial charge in [0.15, 0.2) is 5.96 Å². The SMILES string of the molecule is N=C(N)N.O=[N+]([O-])[O-].O=[N+]([O-])[O-].O=[N+]([O-])[O-].O=[N+]([O-])[O-].O=[N+]([O-])[O-].[Ce+4].[N+]. The molecule has 0 rings (SSSR count). The summed E-state index contributed by atoms with van der Waals surface area (Å²) >= 11 is 0. The maximum Gasteiger partial charge on any atom is 4.00 e. The van der Waals surface area contributed by atoms with E-state index in [2.05, 4.69) is 11.5 Å². The molecule has 0 aromatic carbocycles. The van der Waals surface area contributed by atoms with Crippen LogP contribution in [0.25, 0.3) is 0 Å². The minimum Gasteiger partial charge on any atom is -0.370 e. The quantitative estimate of drug-likeness (QED) is 0.124. The molecular weight excluding hydrogens is 518 g/mol. The number of nitrogens with zero attached hydrogens (tertiary/aromatic N) is 6. The van der Waals surface area contributed by atoms with Crippen LogP contribution < -0.4 is 17.6 Å². The Balaban J connectivity index is -0.0000000245. The fourth-order valence-electron chi connectivity index (χ4n) is 0. The second-order valence-corrected chi connectivity index (χ2v) is 1.57. The van der Waals surface area contributed by atoms with Gasteiger partial charge in [-0.1, -0.05) is 0 Å². The Kier molecular flexibility index (Phi) is 81.8. The summed E-state index contributed by atoms with van der Waals surface area (Å²) in [5.74, 6) is -0.333. The van der Waals surface area contributed by atoms with Crippen molar-refractivity contribution in [3.05, 3.63) is 76.6 Å². The van der Waals surface area contributed by atoms with Crippen molar-refractivity contribution in [2.45, 2.75) is 0 Å². The Bertz CT molecular complexity index is 266. The normalized spacial score (nSPS) is 5.54. The van der Waals surface area contributed by atoms with Crippen molar-refractivity contribution in [3.63, 3.8) is 0 Å². The smallest absolute Gasteiger partial charge is 0.370 e. The number of hydrogen-bond donors (Lipinski definition) is 3. The Morgan fingerprint density at radius 3 is 0.538 bits per heavy atom. The molecule has 25 heteroatoms. The molecule has 4 radical (unpaired) electrons. The molecule has 0 aliphatic carbocycles. The number of guanidine groups is 1. The number of nitrogens with one attached hydrogen (secondary N) is 1. The topological polar surface area (TPSA) is 437 Å². The largest absolute Gasteiger partial charge is 4.00 e. The number of rotatable bonds is 0. The molecule has 0 aliphatic rings. The Hall–Kier alpha value is -3.39. The summed E-state index contributed by atoms with van der Waals surface area (Å²) in [6.45, 7) is 0. The molecule has 5 N–H and O–H groups in total. The van der Waals surface area contributed by atoms with Gasteiger partial charge in [-0.15, -0.1) is 0 Å². The van der Waals surface area contributed by atoms with Crippen LogP contribution >= 0.6 is 0 Å². The molecule has 0 spiro atoms. The van der Waals surface area contributed by atoms with E-state index in [1.165, 1.54) is 0 Å². The molecular formula is CH5CeN9O15. The van der Waals surface area contributed by atoms with Crippen LogP contribution in [0, 0.1) is 124 Å². The molecule has 0 amide bonds. The molecule has 0 aromatic heterocycles. The van der Waals surface area contributed by atoms with Crippen LogP contribution in [0.15, 0.2) is 0 Å². The van der Waals surface area contributed by atoms with Gasteiger partial charge in [0.25, 0.3) is 0 Å². The standard InChI is InChI=1S/CH5N3.Ce.5NO3.N/c2-1(3)4;;5*2-1(3)4;/h(H5,2,3,4);;;;;;;/q;+4;5*-1;+1. The summed E-state index contributed by atoms with van der Waals surface area (Å²) in [5, 5.41) is 79.8. The summed E-state index contributed by atoms with van der Waals surface area (Å²) in [5.41, 5.74) is 8.94. The van der Waals surface area contributed by atoms with Crippen LogP contribution in [-0.4, -0.2) is 31.4 Å². The molecule has 0 fully saturated rings. The molecule has 0 saturated heterocycles. The summed E-state index contributed by atoms with van der Waals surface area (Å²) in [7, 11) is 0. The van der Waals surface area contributed by atoms with Crippen molar-refractivity contribution in [3.8, 4) is 0 Å².